The predicted molar refractivity (Wildman–Crippen MR) is 59.2 cm³/mol. The molecule has 1 heterocycles. The minimum atomic E-state index is 0.251. The first-order valence-electron chi connectivity index (χ1n) is 4.51. The molecule has 0 saturated heterocycles. The van der Waals surface area contributed by atoms with Crippen molar-refractivity contribution in [1.29, 1.82) is 0 Å². The Labute approximate surface area is 92.3 Å². The second-order valence-corrected chi connectivity index (χ2v) is 3.48. The fourth-order valence-electron chi connectivity index (χ4n) is 1.22. The van der Waals surface area contributed by atoms with Crippen LogP contribution in [0.4, 0.5) is 5.69 Å². The highest BCUT2D eigenvalue weighted by atomic mass is 35.5. The first-order chi connectivity index (χ1) is 7.24. The van der Waals surface area contributed by atoms with Gasteiger partial charge in [0.1, 0.15) is 11.5 Å². The Hall–Kier alpha value is -1.61. The molecule has 0 spiro atoms. The number of halogens is 1. The summed E-state index contributed by atoms with van der Waals surface area (Å²) in [5.41, 5.74) is 0.917. The molecular weight excluding hydrogens is 214 g/mol. The fourth-order valence-corrected chi connectivity index (χ4v) is 1.38. The predicted octanol–water partition coefficient (Wildman–Crippen LogP) is 3.25. The van der Waals surface area contributed by atoms with Crippen LogP contribution in [0.25, 0.3) is 0 Å². The average Bonchev–Trinajstić information content (AvgIpc) is 2.64. The Morgan fingerprint density at radius 2 is 1.87 bits per heavy atom. The van der Waals surface area contributed by atoms with Crippen molar-refractivity contribution < 1.29 is 9.52 Å². The number of phenols is 1. The van der Waals surface area contributed by atoms with Crippen LogP contribution in [-0.4, -0.2) is 5.11 Å². The fraction of sp³-hybridized carbons (Fsp3) is 0.0909. The molecule has 0 unspecified atom stereocenters. The molecule has 2 N–H and O–H groups in total. The van der Waals surface area contributed by atoms with E-state index in [1.165, 1.54) is 0 Å². The van der Waals surface area contributed by atoms with Crippen LogP contribution in [0.15, 0.2) is 40.8 Å². The van der Waals surface area contributed by atoms with Crippen molar-refractivity contribution in [1.82, 2.24) is 0 Å². The Morgan fingerprint density at radius 3 is 2.47 bits per heavy atom. The van der Waals surface area contributed by atoms with E-state index in [1.54, 1.807) is 30.3 Å². The summed E-state index contributed by atoms with van der Waals surface area (Å²) in [6.07, 6.45) is 0. The van der Waals surface area contributed by atoms with Gasteiger partial charge in [-0.2, -0.15) is 0 Å². The van der Waals surface area contributed by atoms with Gasteiger partial charge < -0.3 is 14.8 Å². The van der Waals surface area contributed by atoms with Crippen molar-refractivity contribution in [3.8, 4) is 5.75 Å². The SMILES string of the molecule is Oc1ccc(NCc2ccc(Cl)o2)cc1. The van der Waals surface area contributed by atoms with Crippen LogP contribution >= 0.6 is 11.6 Å². The van der Waals surface area contributed by atoms with E-state index in [-0.39, 0.29) is 5.75 Å². The molecule has 4 heteroatoms. The number of aromatic hydroxyl groups is 1. The van der Waals surface area contributed by atoms with Crippen molar-refractivity contribution in [3.05, 3.63) is 47.4 Å². The largest absolute Gasteiger partial charge is 0.508 e. The number of furan rings is 1. The molecule has 0 amide bonds. The highest BCUT2D eigenvalue weighted by Gasteiger charge is 1.99. The van der Waals surface area contributed by atoms with Gasteiger partial charge in [-0.15, -0.1) is 0 Å². The molecule has 0 aliphatic rings. The second kappa shape index (κ2) is 4.28. The molecule has 1 aromatic heterocycles. The van der Waals surface area contributed by atoms with Gasteiger partial charge in [-0.25, -0.2) is 0 Å². The lowest BCUT2D eigenvalue weighted by atomic mass is 10.3. The van der Waals surface area contributed by atoms with Gasteiger partial charge in [0, 0.05) is 5.69 Å². The van der Waals surface area contributed by atoms with E-state index < -0.39 is 0 Å². The van der Waals surface area contributed by atoms with Crippen molar-refractivity contribution in [2.24, 2.45) is 0 Å². The van der Waals surface area contributed by atoms with Crippen LogP contribution in [-0.2, 0) is 6.54 Å². The van der Waals surface area contributed by atoms with E-state index in [1.807, 2.05) is 6.07 Å². The lowest BCUT2D eigenvalue weighted by molar-refractivity contribution is 0.475. The third-order valence-corrected chi connectivity index (χ3v) is 2.17. The van der Waals surface area contributed by atoms with Crippen molar-refractivity contribution >= 4 is 17.3 Å². The van der Waals surface area contributed by atoms with Crippen LogP contribution in [0.2, 0.25) is 5.22 Å². The zero-order chi connectivity index (χ0) is 10.7. The highest BCUT2D eigenvalue weighted by Crippen LogP contribution is 2.17. The first kappa shape index (κ1) is 9.93. The van der Waals surface area contributed by atoms with E-state index in [2.05, 4.69) is 5.32 Å². The lowest BCUT2D eigenvalue weighted by Crippen LogP contribution is -1.97. The standard InChI is InChI=1S/C11H10ClNO2/c12-11-6-5-10(15-11)7-13-8-1-3-9(14)4-2-8/h1-6,13-14H,7H2. The monoisotopic (exact) mass is 223 g/mol. The number of hydrogen-bond donors (Lipinski definition) is 2. The number of anilines is 1. The summed E-state index contributed by atoms with van der Waals surface area (Å²) < 4.78 is 5.18. The molecular formula is C11H10ClNO2. The molecule has 78 valence electrons. The first-order valence-corrected chi connectivity index (χ1v) is 4.89. The smallest absolute Gasteiger partial charge is 0.193 e. The van der Waals surface area contributed by atoms with Gasteiger partial charge in [0.2, 0.25) is 0 Å². The molecule has 0 fully saturated rings. The third kappa shape index (κ3) is 2.67. The van der Waals surface area contributed by atoms with Gasteiger partial charge >= 0.3 is 0 Å². The Balaban J connectivity index is 1.96. The number of nitrogens with one attached hydrogen (secondary N) is 1. The minimum Gasteiger partial charge on any atom is -0.508 e. The Morgan fingerprint density at radius 1 is 1.13 bits per heavy atom. The highest BCUT2D eigenvalue weighted by molar-refractivity contribution is 6.28. The van der Waals surface area contributed by atoms with Gasteiger partial charge in [-0.3, -0.25) is 0 Å². The normalized spacial score (nSPS) is 10.2. The molecule has 0 bridgehead atoms. The van der Waals surface area contributed by atoms with Crippen molar-refractivity contribution in [2.45, 2.75) is 6.54 Å². The Bertz CT molecular complexity index is 436. The summed E-state index contributed by atoms with van der Waals surface area (Å²) in [7, 11) is 0. The van der Waals surface area contributed by atoms with Crippen molar-refractivity contribution in [3.63, 3.8) is 0 Å². The lowest BCUT2D eigenvalue weighted by Gasteiger charge is -2.03. The Kier molecular flexibility index (Phi) is 2.83. The number of hydrogen-bond acceptors (Lipinski definition) is 3. The number of rotatable bonds is 3. The quantitative estimate of drug-likeness (QED) is 0.786. The van der Waals surface area contributed by atoms with Crippen LogP contribution in [0.5, 0.6) is 5.75 Å². The maximum Gasteiger partial charge on any atom is 0.193 e. The summed E-state index contributed by atoms with van der Waals surface area (Å²) in [6.45, 7) is 0.567. The summed E-state index contributed by atoms with van der Waals surface area (Å²) in [5, 5.41) is 12.6. The summed E-state index contributed by atoms with van der Waals surface area (Å²) >= 11 is 5.64. The molecule has 2 aromatic rings. The second-order valence-electron chi connectivity index (χ2n) is 3.11. The number of phenolic OH excluding ortho intramolecular Hbond substituents is 1. The van der Waals surface area contributed by atoms with Crippen LogP contribution in [0.1, 0.15) is 5.76 Å². The van der Waals surface area contributed by atoms with E-state index in [4.69, 9.17) is 21.1 Å². The van der Waals surface area contributed by atoms with Crippen LogP contribution in [0, 0.1) is 0 Å². The van der Waals surface area contributed by atoms with Crippen LogP contribution < -0.4 is 5.32 Å². The maximum atomic E-state index is 9.08. The number of benzene rings is 1. The topological polar surface area (TPSA) is 45.4 Å². The zero-order valence-electron chi connectivity index (χ0n) is 7.90. The minimum absolute atomic E-state index is 0.251. The summed E-state index contributed by atoms with van der Waals surface area (Å²) in [6, 6.07) is 10.3. The van der Waals surface area contributed by atoms with E-state index >= 15 is 0 Å². The molecule has 0 radical (unpaired) electrons. The van der Waals surface area contributed by atoms with Gasteiger partial charge in [-0.05, 0) is 48.0 Å². The van der Waals surface area contributed by atoms with Crippen LogP contribution in [0.3, 0.4) is 0 Å². The average molecular weight is 224 g/mol. The molecule has 0 aliphatic heterocycles. The molecule has 0 aliphatic carbocycles. The third-order valence-electron chi connectivity index (χ3n) is 1.96. The summed E-state index contributed by atoms with van der Waals surface area (Å²) in [4.78, 5) is 0. The van der Waals surface area contributed by atoms with Gasteiger partial charge in [-0.1, -0.05) is 0 Å². The van der Waals surface area contributed by atoms with E-state index in [0.29, 0.717) is 11.8 Å². The summed E-state index contributed by atoms with van der Waals surface area (Å²) in [5.74, 6) is 1.02. The van der Waals surface area contributed by atoms with Gasteiger partial charge in [0.25, 0.3) is 0 Å². The van der Waals surface area contributed by atoms with E-state index in [9.17, 15) is 0 Å². The maximum absolute atomic E-state index is 9.08. The molecule has 15 heavy (non-hydrogen) atoms. The molecule has 2 rings (SSSR count). The molecule has 0 saturated carbocycles. The molecule has 0 atom stereocenters. The van der Waals surface area contributed by atoms with Gasteiger partial charge in [0.15, 0.2) is 5.22 Å². The van der Waals surface area contributed by atoms with E-state index in [0.717, 1.165) is 11.4 Å². The van der Waals surface area contributed by atoms with Gasteiger partial charge in [0.05, 0.1) is 6.54 Å². The zero-order valence-corrected chi connectivity index (χ0v) is 8.66. The molecule has 3 nitrogen and oxygen atoms in total. The molecule has 1 aromatic carbocycles. The van der Waals surface area contributed by atoms with Crippen molar-refractivity contribution in [2.75, 3.05) is 5.32 Å².